The summed E-state index contributed by atoms with van der Waals surface area (Å²) in [5, 5.41) is 7.86. The minimum Gasteiger partial charge on any atom is -0.278 e. The molecule has 0 unspecified atom stereocenters. The molecule has 0 heterocycles. The van der Waals surface area contributed by atoms with Crippen molar-refractivity contribution in [1.29, 1.82) is 0 Å². The van der Waals surface area contributed by atoms with Crippen LogP contribution in [0.5, 0.6) is 0 Å². The Morgan fingerprint density at radius 2 is 1.64 bits per heavy atom. The van der Waals surface area contributed by atoms with Crippen LogP contribution in [0.4, 0.5) is 5.69 Å². The average Bonchev–Trinajstić information content (AvgIpc) is 2.55. The fourth-order valence-electron chi connectivity index (χ4n) is 2.19. The van der Waals surface area contributed by atoms with Gasteiger partial charge in [0.25, 0.3) is 0 Å². The van der Waals surface area contributed by atoms with Crippen LogP contribution in [0.15, 0.2) is 65.8 Å². The predicted molar refractivity (Wildman–Crippen MR) is 96.2 cm³/mol. The van der Waals surface area contributed by atoms with Gasteiger partial charge in [-0.2, -0.15) is 5.10 Å². The number of hydrogen-bond donors (Lipinski definition) is 1. The van der Waals surface area contributed by atoms with Crippen LogP contribution in [0.3, 0.4) is 0 Å². The summed E-state index contributed by atoms with van der Waals surface area (Å²) in [4.78, 5) is 0. The van der Waals surface area contributed by atoms with Gasteiger partial charge in [-0.15, -0.1) is 0 Å². The van der Waals surface area contributed by atoms with Gasteiger partial charge in [0, 0.05) is 0 Å². The van der Waals surface area contributed by atoms with Crippen LogP contribution >= 0.6 is 23.2 Å². The second-order valence-corrected chi connectivity index (χ2v) is 5.81. The Morgan fingerprint density at radius 1 is 0.864 bits per heavy atom. The van der Waals surface area contributed by atoms with E-state index < -0.39 is 0 Å². The van der Waals surface area contributed by atoms with Crippen LogP contribution in [0.25, 0.3) is 10.8 Å². The predicted octanol–water partition coefficient (Wildman–Crippen LogP) is 5.98. The maximum atomic E-state index is 5.99. The van der Waals surface area contributed by atoms with E-state index in [1.54, 1.807) is 12.1 Å². The van der Waals surface area contributed by atoms with Gasteiger partial charge in [0.15, 0.2) is 0 Å². The van der Waals surface area contributed by atoms with Crippen molar-refractivity contribution < 1.29 is 0 Å². The largest absolute Gasteiger partial charge is 0.278 e. The molecule has 2 nitrogen and oxygen atoms in total. The molecule has 0 aromatic heterocycles. The van der Waals surface area contributed by atoms with Gasteiger partial charge in [0.2, 0.25) is 0 Å². The minimum atomic E-state index is 0.505. The molecule has 3 aromatic carbocycles. The molecular weight excluding hydrogens is 315 g/mol. The summed E-state index contributed by atoms with van der Waals surface area (Å²) in [5.41, 5.74) is 5.78. The van der Waals surface area contributed by atoms with E-state index in [4.69, 9.17) is 23.2 Å². The molecule has 0 atom stereocenters. The molecule has 0 fully saturated rings. The van der Waals surface area contributed by atoms with Gasteiger partial charge in [0.05, 0.1) is 21.4 Å². The highest BCUT2D eigenvalue weighted by Gasteiger charge is 2.01. The summed E-state index contributed by atoms with van der Waals surface area (Å²) in [5.74, 6) is 0. The van der Waals surface area contributed by atoms with Gasteiger partial charge in [-0.05, 0) is 47.5 Å². The van der Waals surface area contributed by atoms with E-state index in [0.717, 1.165) is 17.0 Å². The lowest BCUT2D eigenvalue weighted by Gasteiger charge is -2.06. The fourth-order valence-corrected chi connectivity index (χ4v) is 2.49. The first-order chi connectivity index (χ1) is 10.6. The van der Waals surface area contributed by atoms with Crippen LogP contribution in [0, 0.1) is 0 Å². The third-order valence-corrected chi connectivity index (χ3v) is 4.18. The van der Waals surface area contributed by atoms with E-state index in [0.29, 0.717) is 10.0 Å². The Labute approximate surface area is 139 Å². The second-order valence-electron chi connectivity index (χ2n) is 5.00. The van der Waals surface area contributed by atoms with E-state index >= 15 is 0 Å². The lowest BCUT2D eigenvalue weighted by Crippen LogP contribution is -1.99. The van der Waals surface area contributed by atoms with Crippen molar-refractivity contribution in [2.45, 2.75) is 6.92 Å². The number of anilines is 1. The van der Waals surface area contributed by atoms with Gasteiger partial charge < -0.3 is 0 Å². The number of hydrazone groups is 1. The zero-order valence-corrected chi connectivity index (χ0v) is 13.5. The summed E-state index contributed by atoms with van der Waals surface area (Å²) < 4.78 is 0. The molecule has 0 aliphatic rings. The molecule has 0 aliphatic heterocycles. The van der Waals surface area contributed by atoms with E-state index in [-0.39, 0.29) is 0 Å². The maximum Gasteiger partial charge on any atom is 0.0648 e. The van der Waals surface area contributed by atoms with Gasteiger partial charge in [-0.1, -0.05) is 59.6 Å². The Morgan fingerprint density at radius 3 is 2.41 bits per heavy atom. The molecule has 3 rings (SSSR count). The number of nitrogens with one attached hydrogen (secondary N) is 1. The molecular formula is C18H14Cl2N2. The van der Waals surface area contributed by atoms with E-state index in [1.165, 1.54) is 10.8 Å². The molecule has 0 aliphatic carbocycles. The third kappa shape index (κ3) is 3.24. The Balaban J connectivity index is 1.84. The highest BCUT2D eigenvalue weighted by molar-refractivity contribution is 6.42. The number of fused-ring (bicyclic) bond motifs is 1. The molecule has 0 bridgehead atoms. The normalized spacial score (nSPS) is 11.7. The van der Waals surface area contributed by atoms with E-state index in [9.17, 15) is 0 Å². The van der Waals surface area contributed by atoms with Crippen molar-refractivity contribution in [3.63, 3.8) is 0 Å². The molecule has 3 aromatic rings. The molecule has 0 saturated carbocycles. The molecule has 0 spiro atoms. The first kappa shape index (κ1) is 14.9. The standard InChI is InChI=1S/C18H14Cl2N2/c1-12(21-22-16-8-9-17(19)18(20)11-16)14-7-6-13-4-2-3-5-15(13)10-14/h2-11,22H,1H3. The molecule has 4 heteroatoms. The quantitative estimate of drug-likeness (QED) is 0.464. The highest BCUT2D eigenvalue weighted by atomic mass is 35.5. The van der Waals surface area contributed by atoms with Crippen molar-refractivity contribution in [1.82, 2.24) is 0 Å². The highest BCUT2D eigenvalue weighted by Crippen LogP contribution is 2.25. The second kappa shape index (κ2) is 6.39. The molecule has 0 saturated heterocycles. The average molecular weight is 329 g/mol. The summed E-state index contributed by atoms with van der Waals surface area (Å²) in [6.07, 6.45) is 0. The molecule has 22 heavy (non-hydrogen) atoms. The van der Waals surface area contributed by atoms with Gasteiger partial charge >= 0.3 is 0 Å². The lowest BCUT2D eigenvalue weighted by atomic mass is 10.0. The number of rotatable bonds is 3. The number of halogens is 2. The van der Waals surface area contributed by atoms with Gasteiger partial charge in [0.1, 0.15) is 0 Å². The number of benzene rings is 3. The first-order valence-electron chi connectivity index (χ1n) is 6.88. The summed E-state index contributed by atoms with van der Waals surface area (Å²) >= 11 is 11.9. The van der Waals surface area contributed by atoms with Crippen LogP contribution in [0.1, 0.15) is 12.5 Å². The topological polar surface area (TPSA) is 24.4 Å². The molecule has 1 N–H and O–H groups in total. The van der Waals surface area contributed by atoms with Crippen molar-refractivity contribution in [3.8, 4) is 0 Å². The minimum absolute atomic E-state index is 0.505. The monoisotopic (exact) mass is 328 g/mol. The lowest BCUT2D eigenvalue weighted by molar-refractivity contribution is 1.32. The third-order valence-electron chi connectivity index (χ3n) is 3.44. The van der Waals surface area contributed by atoms with Crippen LogP contribution in [-0.4, -0.2) is 5.71 Å². The molecule has 110 valence electrons. The van der Waals surface area contributed by atoms with Crippen molar-refractivity contribution in [3.05, 3.63) is 76.3 Å². The SMILES string of the molecule is CC(=NNc1ccc(Cl)c(Cl)c1)c1ccc2ccccc2c1. The van der Waals surface area contributed by atoms with Crippen molar-refractivity contribution >= 4 is 45.4 Å². The zero-order valence-electron chi connectivity index (χ0n) is 12.0. The Kier molecular flexibility index (Phi) is 4.32. The van der Waals surface area contributed by atoms with Crippen LogP contribution in [-0.2, 0) is 0 Å². The summed E-state index contributed by atoms with van der Waals surface area (Å²) in [6, 6.07) is 19.9. The van der Waals surface area contributed by atoms with Crippen molar-refractivity contribution in [2.24, 2.45) is 5.10 Å². The summed E-state index contributed by atoms with van der Waals surface area (Å²) in [7, 11) is 0. The van der Waals surface area contributed by atoms with Crippen LogP contribution in [0.2, 0.25) is 10.0 Å². The van der Waals surface area contributed by atoms with E-state index in [2.05, 4.69) is 40.9 Å². The molecule has 0 radical (unpaired) electrons. The Hall–Kier alpha value is -2.03. The zero-order chi connectivity index (χ0) is 15.5. The Bertz CT molecular complexity index is 857. The summed E-state index contributed by atoms with van der Waals surface area (Å²) in [6.45, 7) is 1.97. The first-order valence-corrected chi connectivity index (χ1v) is 7.63. The van der Waals surface area contributed by atoms with E-state index in [1.807, 2.05) is 25.1 Å². The fraction of sp³-hybridized carbons (Fsp3) is 0.0556. The number of hydrogen-bond acceptors (Lipinski definition) is 2. The smallest absolute Gasteiger partial charge is 0.0648 e. The van der Waals surface area contributed by atoms with Crippen LogP contribution < -0.4 is 5.43 Å². The molecule has 0 amide bonds. The number of nitrogens with zero attached hydrogens (tertiary/aromatic N) is 1. The maximum absolute atomic E-state index is 5.99. The van der Waals surface area contributed by atoms with Gasteiger partial charge in [-0.25, -0.2) is 0 Å². The van der Waals surface area contributed by atoms with Gasteiger partial charge in [-0.3, -0.25) is 5.43 Å². The van der Waals surface area contributed by atoms with Crippen molar-refractivity contribution in [2.75, 3.05) is 5.43 Å².